The fourth-order valence-corrected chi connectivity index (χ4v) is 3.77. The zero-order chi connectivity index (χ0) is 14.5. The third-order valence-electron chi connectivity index (χ3n) is 4.97. The van der Waals surface area contributed by atoms with Crippen molar-refractivity contribution in [3.63, 3.8) is 0 Å². The molecule has 3 rings (SSSR count). The monoisotopic (exact) mass is 286 g/mol. The van der Waals surface area contributed by atoms with Gasteiger partial charge in [-0.05, 0) is 37.2 Å². The minimum Gasteiger partial charge on any atom is -0.342 e. The second-order valence-electron chi connectivity index (χ2n) is 6.38. The molecule has 0 unspecified atom stereocenters. The van der Waals surface area contributed by atoms with Gasteiger partial charge in [0.05, 0.1) is 6.54 Å². The van der Waals surface area contributed by atoms with Crippen LogP contribution in [0.5, 0.6) is 0 Å². The van der Waals surface area contributed by atoms with Crippen LogP contribution in [0.3, 0.4) is 0 Å². The first-order valence-corrected chi connectivity index (χ1v) is 8.41. The van der Waals surface area contributed by atoms with E-state index in [9.17, 15) is 4.79 Å². The molecule has 1 N–H and O–H groups in total. The molecule has 3 nitrogen and oxygen atoms in total. The largest absolute Gasteiger partial charge is 0.342 e. The number of hydrogen-bond donors (Lipinski definition) is 1. The van der Waals surface area contributed by atoms with Gasteiger partial charge in [-0.15, -0.1) is 0 Å². The Kier molecular flexibility index (Phi) is 4.91. The van der Waals surface area contributed by atoms with Crippen molar-refractivity contribution in [2.24, 2.45) is 0 Å². The second kappa shape index (κ2) is 7.08. The Morgan fingerprint density at radius 3 is 2.52 bits per heavy atom. The number of nitrogens with one attached hydrogen (secondary N) is 1. The normalized spacial score (nSPS) is 26.0. The van der Waals surface area contributed by atoms with Gasteiger partial charge in [-0.3, -0.25) is 4.79 Å². The maximum atomic E-state index is 12.2. The average Bonchev–Trinajstić information content (AvgIpc) is 3.08. The summed E-state index contributed by atoms with van der Waals surface area (Å²) in [5, 5.41) is 3.56. The van der Waals surface area contributed by atoms with Crippen LogP contribution in [0.1, 0.15) is 50.0 Å². The van der Waals surface area contributed by atoms with Gasteiger partial charge in [-0.25, -0.2) is 0 Å². The average molecular weight is 286 g/mol. The summed E-state index contributed by atoms with van der Waals surface area (Å²) < 4.78 is 0. The number of amides is 1. The number of hydrogen-bond acceptors (Lipinski definition) is 2. The molecule has 1 aliphatic carbocycles. The summed E-state index contributed by atoms with van der Waals surface area (Å²) in [4.78, 5) is 14.2. The van der Waals surface area contributed by atoms with Crippen molar-refractivity contribution < 1.29 is 4.79 Å². The van der Waals surface area contributed by atoms with Gasteiger partial charge in [0.2, 0.25) is 5.91 Å². The highest BCUT2D eigenvalue weighted by molar-refractivity contribution is 5.78. The molecule has 1 saturated heterocycles. The highest BCUT2D eigenvalue weighted by Gasteiger charge is 2.27. The molecule has 21 heavy (non-hydrogen) atoms. The van der Waals surface area contributed by atoms with E-state index in [0.717, 1.165) is 13.1 Å². The quantitative estimate of drug-likeness (QED) is 0.923. The molecule has 2 aliphatic rings. The Morgan fingerprint density at radius 2 is 1.76 bits per heavy atom. The van der Waals surface area contributed by atoms with E-state index in [2.05, 4.69) is 35.6 Å². The molecule has 3 heteroatoms. The lowest BCUT2D eigenvalue weighted by molar-refractivity contribution is -0.129. The van der Waals surface area contributed by atoms with Gasteiger partial charge in [-0.1, -0.05) is 43.2 Å². The molecule has 1 aromatic carbocycles. The van der Waals surface area contributed by atoms with Crippen LogP contribution in [0, 0.1) is 0 Å². The molecule has 0 radical (unpaired) electrons. The number of likely N-dealkylation sites (tertiary alicyclic amines) is 1. The number of rotatable bonds is 4. The first kappa shape index (κ1) is 14.6. The minimum atomic E-state index is 0.282. The van der Waals surface area contributed by atoms with E-state index in [0.29, 0.717) is 18.5 Å². The Hall–Kier alpha value is -1.35. The molecule has 0 bridgehead atoms. The van der Waals surface area contributed by atoms with Crippen molar-refractivity contribution in [1.29, 1.82) is 0 Å². The summed E-state index contributed by atoms with van der Waals surface area (Å²) in [6.45, 7) is 2.41. The van der Waals surface area contributed by atoms with Crippen LogP contribution in [-0.4, -0.2) is 36.5 Å². The van der Waals surface area contributed by atoms with Crippen molar-refractivity contribution in [3.8, 4) is 0 Å². The maximum absolute atomic E-state index is 12.2. The minimum absolute atomic E-state index is 0.282. The summed E-state index contributed by atoms with van der Waals surface area (Å²) >= 11 is 0. The van der Waals surface area contributed by atoms with E-state index in [-0.39, 0.29) is 5.91 Å². The first-order valence-electron chi connectivity index (χ1n) is 8.41. The van der Waals surface area contributed by atoms with Gasteiger partial charge in [0.15, 0.2) is 0 Å². The van der Waals surface area contributed by atoms with Gasteiger partial charge in [-0.2, -0.15) is 0 Å². The standard InChI is InChI=1S/C18H26N2O/c21-18(20-12-6-7-13-20)14-19-17-11-5-4-10-16(17)15-8-2-1-3-9-15/h1-3,8-9,16-17,19H,4-7,10-14H2/t16-,17+/m1/s1. The fraction of sp³-hybridized carbons (Fsp3) is 0.611. The Morgan fingerprint density at radius 1 is 1.05 bits per heavy atom. The van der Waals surface area contributed by atoms with Crippen LogP contribution in [0.4, 0.5) is 0 Å². The molecule has 0 aromatic heterocycles. The zero-order valence-corrected chi connectivity index (χ0v) is 12.8. The van der Waals surface area contributed by atoms with Crippen LogP contribution in [-0.2, 0) is 4.79 Å². The molecule has 0 spiro atoms. The zero-order valence-electron chi connectivity index (χ0n) is 12.8. The lowest BCUT2D eigenvalue weighted by atomic mass is 9.80. The lowest BCUT2D eigenvalue weighted by Crippen LogP contribution is -2.44. The van der Waals surface area contributed by atoms with E-state index in [1.807, 2.05) is 4.90 Å². The molecule has 114 valence electrons. The van der Waals surface area contributed by atoms with Crippen LogP contribution in [0.2, 0.25) is 0 Å². The maximum Gasteiger partial charge on any atom is 0.236 e. The summed E-state index contributed by atoms with van der Waals surface area (Å²) in [5.41, 5.74) is 1.42. The smallest absolute Gasteiger partial charge is 0.236 e. The van der Waals surface area contributed by atoms with Crippen LogP contribution >= 0.6 is 0 Å². The van der Waals surface area contributed by atoms with Crippen LogP contribution < -0.4 is 5.32 Å². The molecule has 1 saturated carbocycles. The molecule has 1 aliphatic heterocycles. The predicted octanol–water partition coefficient (Wildman–Crippen LogP) is 2.92. The first-order chi connectivity index (χ1) is 10.3. The van der Waals surface area contributed by atoms with Crippen LogP contribution in [0.15, 0.2) is 30.3 Å². The van der Waals surface area contributed by atoms with Gasteiger partial charge < -0.3 is 10.2 Å². The predicted molar refractivity (Wildman–Crippen MR) is 85.3 cm³/mol. The van der Waals surface area contributed by atoms with E-state index < -0.39 is 0 Å². The third-order valence-corrected chi connectivity index (χ3v) is 4.97. The molecular weight excluding hydrogens is 260 g/mol. The van der Waals surface area contributed by atoms with E-state index in [1.54, 1.807) is 0 Å². The third kappa shape index (κ3) is 3.65. The topological polar surface area (TPSA) is 32.3 Å². The van der Waals surface area contributed by atoms with Gasteiger partial charge in [0, 0.05) is 19.1 Å². The van der Waals surface area contributed by atoms with Gasteiger partial charge >= 0.3 is 0 Å². The number of carbonyl (C=O) groups is 1. The Bertz CT molecular complexity index is 454. The van der Waals surface area contributed by atoms with Crippen molar-refractivity contribution in [1.82, 2.24) is 10.2 Å². The molecule has 1 amide bonds. The van der Waals surface area contributed by atoms with E-state index >= 15 is 0 Å². The number of carbonyl (C=O) groups excluding carboxylic acids is 1. The van der Waals surface area contributed by atoms with Crippen molar-refractivity contribution >= 4 is 5.91 Å². The van der Waals surface area contributed by atoms with E-state index in [4.69, 9.17) is 0 Å². The highest BCUT2D eigenvalue weighted by Crippen LogP contribution is 2.32. The van der Waals surface area contributed by atoms with Crippen molar-refractivity contribution in [2.75, 3.05) is 19.6 Å². The van der Waals surface area contributed by atoms with E-state index in [1.165, 1.54) is 44.1 Å². The Labute approximate surface area is 127 Å². The van der Waals surface area contributed by atoms with Gasteiger partial charge in [0.1, 0.15) is 0 Å². The fourth-order valence-electron chi connectivity index (χ4n) is 3.77. The summed E-state index contributed by atoms with van der Waals surface area (Å²) in [6, 6.07) is 11.2. The molecule has 2 fully saturated rings. The van der Waals surface area contributed by atoms with Crippen molar-refractivity contribution in [2.45, 2.75) is 50.5 Å². The van der Waals surface area contributed by atoms with Crippen molar-refractivity contribution in [3.05, 3.63) is 35.9 Å². The molecular formula is C18H26N2O. The summed E-state index contributed by atoms with van der Waals surface area (Å²) in [5.74, 6) is 0.844. The molecule has 2 atom stereocenters. The summed E-state index contributed by atoms with van der Waals surface area (Å²) in [6.07, 6.45) is 7.34. The second-order valence-corrected chi connectivity index (χ2v) is 6.38. The van der Waals surface area contributed by atoms with Gasteiger partial charge in [0.25, 0.3) is 0 Å². The molecule has 1 heterocycles. The number of nitrogens with zero attached hydrogens (tertiary/aromatic N) is 1. The number of benzene rings is 1. The van der Waals surface area contributed by atoms with Crippen LogP contribution in [0.25, 0.3) is 0 Å². The summed E-state index contributed by atoms with van der Waals surface area (Å²) in [7, 11) is 0. The Balaban J connectivity index is 1.58. The lowest BCUT2D eigenvalue weighted by Gasteiger charge is -2.33. The molecule has 1 aromatic rings. The highest BCUT2D eigenvalue weighted by atomic mass is 16.2. The SMILES string of the molecule is O=C(CN[C@H]1CCCC[C@@H]1c1ccccc1)N1CCCC1.